The van der Waals surface area contributed by atoms with Crippen molar-refractivity contribution in [2.75, 3.05) is 7.05 Å². The quantitative estimate of drug-likeness (QED) is 0.778. The number of hydrogen-bond donors (Lipinski definition) is 0. The van der Waals surface area contributed by atoms with Crippen LogP contribution >= 0.6 is 0 Å². The predicted octanol–water partition coefficient (Wildman–Crippen LogP) is 3.28. The van der Waals surface area contributed by atoms with Crippen LogP contribution in [0.3, 0.4) is 0 Å². The van der Waals surface area contributed by atoms with Crippen molar-refractivity contribution in [1.29, 1.82) is 0 Å². The number of nitrogens with zero attached hydrogens (tertiary/aromatic N) is 1. The molecule has 0 aliphatic carbocycles. The Morgan fingerprint density at radius 2 is 1.67 bits per heavy atom. The summed E-state index contributed by atoms with van der Waals surface area (Å²) in [6.45, 7) is 10.4. The molecule has 1 saturated heterocycles. The van der Waals surface area contributed by atoms with Gasteiger partial charge in [-0.25, -0.2) is 0 Å². The van der Waals surface area contributed by atoms with Gasteiger partial charge in [0.15, 0.2) is 0 Å². The summed E-state index contributed by atoms with van der Waals surface area (Å²) in [5.41, 5.74) is 3.52. The molecule has 0 bridgehead atoms. The largest absolute Gasteiger partial charge is 0.487 e. The molecule has 112 valence electrons. The molecule has 0 amide bonds. The highest BCUT2D eigenvalue weighted by Gasteiger charge is 2.49. The van der Waals surface area contributed by atoms with E-state index in [1.165, 1.54) is 16.7 Å². The van der Waals surface area contributed by atoms with Crippen molar-refractivity contribution < 1.29 is 9.31 Å². The second-order valence-corrected chi connectivity index (χ2v) is 7.18. The Hall–Kier alpha value is -1.10. The van der Waals surface area contributed by atoms with E-state index in [1.807, 2.05) is 5.98 Å². The minimum absolute atomic E-state index is 0.272. The summed E-state index contributed by atoms with van der Waals surface area (Å²) < 4.78 is 12.0. The zero-order chi connectivity index (χ0) is 15.3. The molecule has 0 spiro atoms. The van der Waals surface area contributed by atoms with Gasteiger partial charge in [0.1, 0.15) is 0 Å². The molecular formula is C17H24BNO2. The zero-order valence-corrected chi connectivity index (χ0v) is 13.6. The van der Waals surface area contributed by atoms with Gasteiger partial charge in [-0.2, -0.15) is 0 Å². The van der Waals surface area contributed by atoms with E-state index in [0.717, 1.165) is 13.1 Å². The Morgan fingerprint density at radius 3 is 2.33 bits per heavy atom. The molecule has 1 aromatic carbocycles. The average molecular weight is 285 g/mol. The number of hydrogen-bond acceptors (Lipinski definition) is 3. The third-order valence-corrected chi connectivity index (χ3v) is 4.83. The molecule has 0 unspecified atom stereocenters. The maximum Gasteiger partial charge on any atom is 0.487 e. The average Bonchev–Trinajstić information content (AvgIpc) is 2.82. The van der Waals surface area contributed by atoms with E-state index in [1.54, 1.807) is 0 Å². The van der Waals surface area contributed by atoms with Gasteiger partial charge < -0.3 is 9.31 Å². The van der Waals surface area contributed by atoms with Crippen LogP contribution in [-0.4, -0.2) is 30.3 Å². The van der Waals surface area contributed by atoms with E-state index in [-0.39, 0.29) is 18.3 Å². The van der Waals surface area contributed by atoms with E-state index in [9.17, 15) is 0 Å². The summed E-state index contributed by atoms with van der Waals surface area (Å²) >= 11 is 0. The van der Waals surface area contributed by atoms with Crippen molar-refractivity contribution in [1.82, 2.24) is 4.90 Å². The summed E-state index contributed by atoms with van der Waals surface area (Å²) in [6.07, 6.45) is 2.10. The fourth-order valence-corrected chi connectivity index (χ4v) is 2.85. The monoisotopic (exact) mass is 285 g/mol. The summed E-state index contributed by atoms with van der Waals surface area (Å²) in [4.78, 5) is 2.33. The lowest BCUT2D eigenvalue weighted by Gasteiger charge is -2.32. The SMILES string of the molecule is CN1Cc2ccc(/C=C/B3OC(C)(C)C(C)(C)O3)cc2C1. The van der Waals surface area contributed by atoms with Crippen LogP contribution in [0.15, 0.2) is 24.2 Å². The zero-order valence-electron chi connectivity index (χ0n) is 13.6. The first-order chi connectivity index (χ1) is 9.77. The van der Waals surface area contributed by atoms with Crippen LogP contribution in [0.2, 0.25) is 0 Å². The van der Waals surface area contributed by atoms with Crippen LogP contribution in [0.25, 0.3) is 6.08 Å². The van der Waals surface area contributed by atoms with E-state index in [2.05, 4.69) is 63.9 Å². The Bertz CT molecular complexity index is 564. The lowest BCUT2D eigenvalue weighted by molar-refractivity contribution is 0.00578. The maximum atomic E-state index is 5.98. The lowest BCUT2D eigenvalue weighted by Crippen LogP contribution is -2.41. The third-order valence-electron chi connectivity index (χ3n) is 4.83. The molecule has 3 nitrogen and oxygen atoms in total. The molecule has 0 radical (unpaired) electrons. The van der Waals surface area contributed by atoms with Gasteiger partial charge in [0.2, 0.25) is 0 Å². The summed E-state index contributed by atoms with van der Waals surface area (Å²) in [6, 6.07) is 6.66. The van der Waals surface area contributed by atoms with Crippen molar-refractivity contribution in [3.63, 3.8) is 0 Å². The van der Waals surface area contributed by atoms with Crippen molar-refractivity contribution in [2.24, 2.45) is 0 Å². The minimum Gasteiger partial charge on any atom is -0.400 e. The van der Waals surface area contributed by atoms with Gasteiger partial charge in [-0.05, 0) is 51.4 Å². The van der Waals surface area contributed by atoms with Gasteiger partial charge in [-0.1, -0.05) is 30.3 Å². The first kappa shape index (κ1) is 14.8. The molecule has 0 N–H and O–H groups in total. The fraction of sp³-hybridized carbons (Fsp3) is 0.529. The highest BCUT2D eigenvalue weighted by Crippen LogP contribution is 2.37. The van der Waals surface area contributed by atoms with Crippen molar-refractivity contribution >= 4 is 13.2 Å². The standard InChI is InChI=1S/C17H24BNO2/c1-16(2)17(3,4)21-18(20-16)9-8-13-6-7-14-11-19(5)12-15(14)10-13/h6-10H,11-12H2,1-5H3/b9-8+. The van der Waals surface area contributed by atoms with E-state index < -0.39 is 0 Å². The van der Waals surface area contributed by atoms with Crippen LogP contribution in [0, 0.1) is 0 Å². The Morgan fingerprint density at radius 1 is 1.05 bits per heavy atom. The summed E-state index contributed by atoms with van der Waals surface area (Å²) in [7, 11) is 1.88. The minimum atomic E-state index is -0.275. The lowest BCUT2D eigenvalue weighted by atomic mass is 9.89. The number of benzene rings is 1. The highest BCUT2D eigenvalue weighted by atomic mass is 16.7. The molecule has 1 aromatic rings. The molecule has 0 aromatic heterocycles. The van der Waals surface area contributed by atoms with E-state index in [0.29, 0.717) is 0 Å². The molecular weight excluding hydrogens is 261 g/mol. The second kappa shape index (κ2) is 4.97. The van der Waals surface area contributed by atoms with Crippen LogP contribution in [0.4, 0.5) is 0 Å². The van der Waals surface area contributed by atoms with Gasteiger partial charge in [-0.15, -0.1) is 0 Å². The molecule has 2 heterocycles. The maximum absolute atomic E-state index is 5.98. The van der Waals surface area contributed by atoms with Gasteiger partial charge in [0, 0.05) is 13.1 Å². The molecule has 0 atom stereocenters. The molecule has 4 heteroatoms. The summed E-state index contributed by atoms with van der Waals surface area (Å²) in [5.74, 6) is 2.01. The molecule has 21 heavy (non-hydrogen) atoms. The Labute approximate surface area is 128 Å². The van der Waals surface area contributed by atoms with Gasteiger partial charge in [-0.3, -0.25) is 4.90 Å². The molecule has 0 saturated carbocycles. The number of rotatable bonds is 2. The highest BCUT2D eigenvalue weighted by molar-refractivity contribution is 6.52. The topological polar surface area (TPSA) is 21.7 Å². The van der Waals surface area contributed by atoms with Crippen molar-refractivity contribution in [2.45, 2.75) is 52.0 Å². The summed E-state index contributed by atoms with van der Waals surface area (Å²) in [5, 5.41) is 0. The van der Waals surface area contributed by atoms with Crippen LogP contribution in [0.1, 0.15) is 44.4 Å². The smallest absolute Gasteiger partial charge is 0.400 e. The van der Waals surface area contributed by atoms with Gasteiger partial charge >= 0.3 is 7.12 Å². The first-order valence-electron chi connectivity index (χ1n) is 7.61. The normalized spacial score (nSPS) is 24.0. The second-order valence-electron chi connectivity index (χ2n) is 7.18. The van der Waals surface area contributed by atoms with Crippen molar-refractivity contribution in [3.8, 4) is 0 Å². The Balaban J connectivity index is 1.72. The van der Waals surface area contributed by atoms with Crippen LogP contribution in [-0.2, 0) is 22.4 Å². The van der Waals surface area contributed by atoms with Gasteiger partial charge in [0.25, 0.3) is 0 Å². The molecule has 2 aliphatic rings. The van der Waals surface area contributed by atoms with E-state index >= 15 is 0 Å². The Kier molecular flexibility index (Phi) is 3.51. The van der Waals surface area contributed by atoms with Gasteiger partial charge in [0.05, 0.1) is 11.2 Å². The fourth-order valence-electron chi connectivity index (χ4n) is 2.85. The third kappa shape index (κ3) is 2.80. The predicted molar refractivity (Wildman–Crippen MR) is 86.7 cm³/mol. The van der Waals surface area contributed by atoms with Crippen LogP contribution < -0.4 is 0 Å². The van der Waals surface area contributed by atoms with Crippen molar-refractivity contribution in [3.05, 3.63) is 40.9 Å². The van der Waals surface area contributed by atoms with Crippen LogP contribution in [0.5, 0.6) is 0 Å². The first-order valence-corrected chi connectivity index (χ1v) is 7.61. The van der Waals surface area contributed by atoms with E-state index in [4.69, 9.17) is 9.31 Å². The molecule has 3 rings (SSSR count). The molecule has 2 aliphatic heterocycles. The number of fused-ring (bicyclic) bond motifs is 1. The molecule has 1 fully saturated rings.